The van der Waals surface area contributed by atoms with Crippen molar-refractivity contribution >= 4 is 8.32 Å². The van der Waals surface area contributed by atoms with E-state index in [0.717, 1.165) is 6.61 Å². The minimum Gasteiger partial charge on any atom is -0.748 e. The molecule has 2 rings (SSSR count). The van der Waals surface area contributed by atoms with Crippen LogP contribution in [-0.2, 0) is 28.1 Å². The smallest absolute Gasteiger partial charge is 0.182 e. The summed E-state index contributed by atoms with van der Waals surface area (Å²) in [4.78, 5) is 0. The van der Waals surface area contributed by atoms with Crippen molar-refractivity contribution in [3.63, 3.8) is 0 Å². The fourth-order valence-electron chi connectivity index (χ4n) is 1.13. The van der Waals surface area contributed by atoms with Gasteiger partial charge in [0.15, 0.2) is 8.32 Å². The minimum atomic E-state index is -1.31. The summed E-state index contributed by atoms with van der Waals surface area (Å²) in [6.07, 6.45) is 0. The fraction of sp³-hybridized carbons (Fsp3) is 0.286. The topological polar surface area (TPSA) is 9.23 Å². The van der Waals surface area contributed by atoms with Crippen molar-refractivity contribution in [3.8, 4) is 0 Å². The summed E-state index contributed by atoms with van der Waals surface area (Å²) in [5, 5.41) is 0. The van der Waals surface area contributed by atoms with E-state index in [9.17, 15) is 0 Å². The van der Waals surface area contributed by atoms with E-state index in [0.29, 0.717) is 0 Å². The van der Waals surface area contributed by atoms with Crippen molar-refractivity contribution in [1.29, 1.82) is 0 Å². The second-order valence-electron chi connectivity index (χ2n) is 4.66. The first-order valence-electron chi connectivity index (χ1n) is 5.59. The van der Waals surface area contributed by atoms with E-state index in [1.165, 1.54) is 5.56 Å². The summed E-state index contributed by atoms with van der Waals surface area (Å²) < 4.78 is 5.71. The number of rotatable bonds is 3. The molecule has 0 saturated carbocycles. The number of hydrogen-bond donors (Lipinski definition) is 0. The molecule has 0 radical (unpaired) electrons. The molecule has 100 valence electrons. The van der Waals surface area contributed by atoms with Gasteiger partial charge in [-0.3, -0.25) is 0 Å². The Morgan fingerprint density at radius 2 is 1.35 bits per heavy atom. The van der Waals surface area contributed by atoms with Crippen molar-refractivity contribution < 1.29 is 21.5 Å². The Morgan fingerprint density at radius 3 is 1.71 bits per heavy atom. The van der Waals surface area contributed by atoms with E-state index in [1.807, 2.05) is 42.5 Å². The van der Waals surface area contributed by atoms with Crippen LogP contribution in [0.25, 0.3) is 0 Å². The Morgan fingerprint density at radius 1 is 0.941 bits per heavy atom. The molecule has 0 unspecified atom stereocenters. The second kappa shape index (κ2) is 8.48. The Bertz CT molecular complexity index is 329. The zero-order valence-electron chi connectivity index (χ0n) is 10.7. The normalized spacial score (nSPS) is 10.1. The van der Waals surface area contributed by atoms with Gasteiger partial charge in [-0.2, -0.15) is 12.1 Å². The first-order valence-corrected chi connectivity index (χ1v) is 9.00. The Labute approximate surface area is 116 Å². The van der Waals surface area contributed by atoms with Gasteiger partial charge in [0, 0.05) is 23.7 Å². The SMILES string of the molecule is C[Si](C)(C)OC[c-]1cccc1.[Fe].[cH-]1[cH-][cH-][cH-][cH-]1. The maximum Gasteiger partial charge on any atom is 0.182 e. The monoisotopic (exact) mass is 288 g/mol. The van der Waals surface area contributed by atoms with Crippen molar-refractivity contribution in [2.75, 3.05) is 0 Å². The molecule has 0 aliphatic rings. The maximum atomic E-state index is 5.71. The Kier molecular flexibility index (Phi) is 8.18. The van der Waals surface area contributed by atoms with Gasteiger partial charge in [-0.15, -0.1) is 5.56 Å². The molecular formula is C14H20FeOSi-6. The molecule has 0 amide bonds. The van der Waals surface area contributed by atoms with Gasteiger partial charge in [0.05, 0.1) is 0 Å². The molecule has 0 saturated heterocycles. The predicted molar refractivity (Wildman–Crippen MR) is 72.2 cm³/mol. The van der Waals surface area contributed by atoms with E-state index < -0.39 is 8.32 Å². The van der Waals surface area contributed by atoms with E-state index in [1.54, 1.807) is 0 Å². The third-order valence-corrected chi connectivity index (χ3v) is 2.97. The van der Waals surface area contributed by atoms with Crippen LogP contribution in [0.2, 0.25) is 19.6 Å². The average Bonchev–Trinajstić information content (AvgIpc) is 2.90. The first kappa shape index (κ1) is 16.4. The van der Waals surface area contributed by atoms with Crippen LogP contribution in [0.4, 0.5) is 0 Å². The van der Waals surface area contributed by atoms with Crippen LogP contribution in [0.1, 0.15) is 5.56 Å². The van der Waals surface area contributed by atoms with Gasteiger partial charge >= 0.3 is 0 Å². The van der Waals surface area contributed by atoms with Crippen LogP contribution < -0.4 is 0 Å². The quantitative estimate of drug-likeness (QED) is 0.608. The van der Waals surface area contributed by atoms with Crippen LogP contribution in [-0.4, -0.2) is 8.32 Å². The molecule has 17 heavy (non-hydrogen) atoms. The molecule has 0 atom stereocenters. The first-order chi connectivity index (χ1) is 7.58. The van der Waals surface area contributed by atoms with Gasteiger partial charge < -0.3 is 34.8 Å². The third kappa shape index (κ3) is 9.13. The largest absolute Gasteiger partial charge is 0.748 e. The van der Waals surface area contributed by atoms with Gasteiger partial charge in [-0.1, -0.05) is 0 Å². The van der Waals surface area contributed by atoms with E-state index in [-0.39, 0.29) is 17.1 Å². The van der Waals surface area contributed by atoms with Crippen molar-refractivity contribution in [3.05, 3.63) is 60.2 Å². The molecule has 0 aromatic heterocycles. The summed E-state index contributed by atoms with van der Waals surface area (Å²) in [5.74, 6) is 0. The van der Waals surface area contributed by atoms with E-state index in [4.69, 9.17) is 4.43 Å². The maximum absolute atomic E-state index is 5.71. The Balaban J connectivity index is 0.000000360. The summed E-state index contributed by atoms with van der Waals surface area (Å²) in [6.45, 7) is 7.39. The van der Waals surface area contributed by atoms with E-state index >= 15 is 0 Å². The van der Waals surface area contributed by atoms with Crippen LogP contribution in [0.5, 0.6) is 0 Å². The molecule has 0 spiro atoms. The molecule has 2 aromatic carbocycles. The average molecular weight is 288 g/mol. The van der Waals surface area contributed by atoms with Gasteiger partial charge in [-0.05, 0) is 19.6 Å². The predicted octanol–water partition coefficient (Wildman–Crippen LogP) is 4.16. The van der Waals surface area contributed by atoms with Gasteiger partial charge in [0.25, 0.3) is 0 Å². The standard InChI is InChI=1S/C9H15OSi.C5H5.Fe/c1-11(2,3)10-8-9-6-4-5-7-9;1-2-4-5-3-1;/h4-7H,8H2,1-3H3;1-5H;/q-1;-5;. The number of hydrogen-bond acceptors (Lipinski definition) is 1. The third-order valence-electron chi connectivity index (χ3n) is 1.96. The fourth-order valence-corrected chi connectivity index (χ4v) is 1.73. The van der Waals surface area contributed by atoms with Crippen LogP contribution >= 0.6 is 0 Å². The molecule has 0 aliphatic carbocycles. The van der Waals surface area contributed by atoms with Crippen LogP contribution in [0.15, 0.2) is 54.6 Å². The summed E-state index contributed by atoms with van der Waals surface area (Å²) in [5.41, 5.74) is 1.28. The summed E-state index contributed by atoms with van der Waals surface area (Å²) in [6, 6.07) is 18.3. The minimum absolute atomic E-state index is 0. The van der Waals surface area contributed by atoms with Crippen molar-refractivity contribution in [1.82, 2.24) is 0 Å². The molecule has 3 heteroatoms. The molecule has 1 nitrogen and oxygen atoms in total. The molecule has 0 heterocycles. The second-order valence-corrected chi connectivity index (χ2v) is 9.17. The van der Waals surface area contributed by atoms with Crippen molar-refractivity contribution in [2.24, 2.45) is 0 Å². The van der Waals surface area contributed by atoms with Crippen LogP contribution in [0, 0.1) is 0 Å². The molecule has 2 aromatic rings. The van der Waals surface area contributed by atoms with E-state index in [2.05, 4.69) is 31.8 Å². The zero-order chi connectivity index (χ0) is 11.9. The molecule has 0 bridgehead atoms. The molecular weight excluding hydrogens is 268 g/mol. The molecule has 0 fully saturated rings. The van der Waals surface area contributed by atoms with Gasteiger partial charge in [0.2, 0.25) is 0 Å². The van der Waals surface area contributed by atoms with Gasteiger partial charge in [0.1, 0.15) is 0 Å². The molecule has 0 N–H and O–H groups in total. The summed E-state index contributed by atoms with van der Waals surface area (Å²) >= 11 is 0. The van der Waals surface area contributed by atoms with Crippen molar-refractivity contribution in [2.45, 2.75) is 26.2 Å². The van der Waals surface area contributed by atoms with Crippen LogP contribution in [0.3, 0.4) is 0 Å². The zero-order valence-corrected chi connectivity index (χ0v) is 12.8. The Hall–Kier alpha value is -0.604. The summed E-state index contributed by atoms with van der Waals surface area (Å²) in [7, 11) is -1.31. The van der Waals surface area contributed by atoms with Gasteiger partial charge in [-0.25, -0.2) is 12.1 Å². The molecule has 0 aliphatic heterocycles.